The highest BCUT2D eigenvalue weighted by atomic mass is 32.2. The van der Waals surface area contributed by atoms with Gasteiger partial charge in [-0.25, -0.2) is 26.0 Å². The standard InChI is InChI=1S/C27H25FO8S2/c1-17-3-7-19(8-4-17)37(33,34)15-13-23(29)21-11-12-22(27(31)32)26(28)25(21)24(30)14-16-38(35,36)20-9-5-18(2)6-10-20/h3-12H,13-16H2,1-2H3,(H,31,32). The second-order valence-corrected chi connectivity index (χ2v) is 13.0. The smallest absolute Gasteiger partial charge is 0.338 e. The van der Waals surface area contributed by atoms with E-state index >= 15 is 4.39 Å². The molecule has 0 fully saturated rings. The van der Waals surface area contributed by atoms with Gasteiger partial charge in [0.1, 0.15) is 5.82 Å². The lowest BCUT2D eigenvalue weighted by Gasteiger charge is -2.12. The minimum Gasteiger partial charge on any atom is -0.478 e. The van der Waals surface area contributed by atoms with Gasteiger partial charge in [-0.15, -0.1) is 0 Å². The third kappa shape index (κ3) is 6.59. The number of sulfone groups is 2. The lowest BCUT2D eigenvalue weighted by atomic mass is 9.94. The van der Waals surface area contributed by atoms with E-state index in [9.17, 15) is 36.3 Å². The summed E-state index contributed by atoms with van der Waals surface area (Å²) >= 11 is 0. The first-order chi connectivity index (χ1) is 17.7. The zero-order chi connectivity index (χ0) is 28.3. The number of benzene rings is 3. The van der Waals surface area contributed by atoms with Crippen LogP contribution in [0.1, 0.15) is 55.0 Å². The van der Waals surface area contributed by atoms with Gasteiger partial charge in [0.05, 0.1) is 32.4 Å². The first-order valence-electron chi connectivity index (χ1n) is 11.4. The molecule has 0 aromatic heterocycles. The molecule has 0 saturated carbocycles. The maximum Gasteiger partial charge on any atom is 0.338 e. The van der Waals surface area contributed by atoms with Crippen LogP contribution >= 0.6 is 0 Å². The topological polar surface area (TPSA) is 140 Å². The Morgan fingerprint density at radius 2 is 1.05 bits per heavy atom. The highest BCUT2D eigenvalue weighted by Gasteiger charge is 2.28. The summed E-state index contributed by atoms with van der Waals surface area (Å²) < 4.78 is 65.7. The Morgan fingerprint density at radius 1 is 0.658 bits per heavy atom. The third-order valence-electron chi connectivity index (χ3n) is 5.91. The number of carbonyl (C=O) groups is 3. The number of carboxylic acid groups (broad SMARTS) is 1. The monoisotopic (exact) mass is 560 g/mol. The van der Waals surface area contributed by atoms with Crippen LogP contribution in [-0.4, -0.2) is 51.0 Å². The molecule has 0 radical (unpaired) electrons. The van der Waals surface area contributed by atoms with Crippen molar-refractivity contribution in [2.45, 2.75) is 36.5 Å². The predicted molar refractivity (Wildman–Crippen MR) is 138 cm³/mol. The summed E-state index contributed by atoms with van der Waals surface area (Å²) in [7, 11) is -7.82. The second-order valence-electron chi connectivity index (χ2n) is 8.77. The van der Waals surface area contributed by atoms with Crippen molar-refractivity contribution in [2.75, 3.05) is 11.5 Å². The molecule has 1 N–H and O–H groups in total. The molecule has 0 heterocycles. The Balaban J connectivity index is 1.88. The number of Topliss-reactive ketones (excluding diaryl/α,β-unsaturated/α-hetero) is 2. The van der Waals surface area contributed by atoms with Crippen molar-refractivity contribution in [3.63, 3.8) is 0 Å². The summed E-state index contributed by atoms with van der Waals surface area (Å²) in [6, 6.07) is 13.6. The maximum absolute atomic E-state index is 15.1. The molecule has 0 aliphatic rings. The number of halogens is 1. The van der Waals surface area contributed by atoms with E-state index < -0.39 is 84.1 Å². The van der Waals surface area contributed by atoms with Crippen molar-refractivity contribution < 1.29 is 40.7 Å². The Kier molecular flexibility index (Phi) is 8.63. The van der Waals surface area contributed by atoms with E-state index in [1.54, 1.807) is 38.1 Å². The van der Waals surface area contributed by atoms with Crippen LogP contribution in [0.5, 0.6) is 0 Å². The molecule has 0 spiro atoms. The molecule has 0 aliphatic heterocycles. The molecule has 0 bridgehead atoms. The van der Waals surface area contributed by atoms with Crippen LogP contribution < -0.4 is 0 Å². The van der Waals surface area contributed by atoms with E-state index in [1.165, 1.54) is 24.3 Å². The van der Waals surface area contributed by atoms with E-state index in [2.05, 4.69) is 0 Å². The van der Waals surface area contributed by atoms with Gasteiger partial charge >= 0.3 is 5.97 Å². The molecule has 200 valence electrons. The van der Waals surface area contributed by atoms with Crippen molar-refractivity contribution in [3.8, 4) is 0 Å². The van der Waals surface area contributed by atoms with Gasteiger partial charge in [-0.2, -0.15) is 0 Å². The minimum absolute atomic E-state index is 0.0130. The fraction of sp³-hybridized carbons (Fsp3) is 0.222. The number of carbonyl (C=O) groups excluding carboxylic acids is 2. The number of hydrogen-bond donors (Lipinski definition) is 1. The van der Waals surface area contributed by atoms with Gasteiger partial charge in [0, 0.05) is 18.4 Å². The summed E-state index contributed by atoms with van der Waals surface area (Å²) in [5.41, 5.74) is -0.605. The zero-order valence-electron chi connectivity index (χ0n) is 20.6. The van der Waals surface area contributed by atoms with Gasteiger partial charge < -0.3 is 5.11 Å². The summed E-state index contributed by atoms with van der Waals surface area (Å²) in [5.74, 6) is -6.51. The quantitative estimate of drug-likeness (QED) is 0.344. The van der Waals surface area contributed by atoms with Crippen molar-refractivity contribution in [1.82, 2.24) is 0 Å². The maximum atomic E-state index is 15.1. The molecule has 8 nitrogen and oxygen atoms in total. The van der Waals surface area contributed by atoms with Crippen LogP contribution in [0.25, 0.3) is 0 Å². The van der Waals surface area contributed by atoms with E-state index in [0.29, 0.717) is 0 Å². The van der Waals surface area contributed by atoms with Crippen molar-refractivity contribution in [3.05, 3.63) is 94.3 Å². The number of aryl methyl sites for hydroxylation is 2. The lowest BCUT2D eigenvalue weighted by molar-refractivity contribution is 0.0691. The molecule has 3 aromatic carbocycles. The first-order valence-corrected chi connectivity index (χ1v) is 14.7. The number of aromatic carboxylic acids is 1. The number of rotatable bonds is 11. The molecule has 3 rings (SSSR count). The predicted octanol–water partition coefficient (Wildman–Crippen LogP) is 4.23. The van der Waals surface area contributed by atoms with E-state index in [0.717, 1.165) is 23.3 Å². The van der Waals surface area contributed by atoms with Crippen molar-refractivity contribution in [2.24, 2.45) is 0 Å². The highest BCUT2D eigenvalue weighted by molar-refractivity contribution is 7.91. The van der Waals surface area contributed by atoms with Gasteiger partial charge in [-0.3, -0.25) is 9.59 Å². The number of carboxylic acids is 1. The van der Waals surface area contributed by atoms with Crippen LogP contribution in [0.4, 0.5) is 4.39 Å². The summed E-state index contributed by atoms with van der Waals surface area (Å²) in [6.07, 6.45) is -1.33. The molecule has 38 heavy (non-hydrogen) atoms. The summed E-state index contributed by atoms with van der Waals surface area (Å²) in [4.78, 5) is 37.3. The summed E-state index contributed by atoms with van der Waals surface area (Å²) in [6.45, 7) is 3.54. The van der Waals surface area contributed by atoms with Gasteiger partial charge in [0.25, 0.3) is 0 Å². The largest absolute Gasteiger partial charge is 0.478 e. The van der Waals surface area contributed by atoms with Crippen LogP contribution in [0.3, 0.4) is 0 Å². The van der Waals surface area contributed by atoms with Gasteiger partial charge in [-0.1, -0.05) is 35.4 Å². The second kappa shape index (κ2) is 11.4. The molecule has 11 heteroatoms. The first kappa shape index (κ1) is 28.9. The minimum atomic E-state index is -3.94. The van der Waals surface area contributed by atoms with Crippen molar-refractivity contribution in [1.29, 1.82) is 0 Å². The Morgan fingerprint density at radius 3 is 1.47 bits per heavy atom. The van der Waals surface area contributed by atoms with Gasteiger partial charge in [-0.05, 0) is 50.2 Å². The van der Waals surface area contributed by atoms with Crippen LogP contribution in [0.15, 0.2) is 70.5 Å². The Hall–Kier alpha value is -3.70. The lowest BCUT2D eigenvalue weighted by Crippen LogP contribution is -2.19. The molecule has 0 amide bonds. The number of hydrogen-bond acceptors (Lipinski definition) is 7. The van der Waals surface area contributed by atoms with Gasteiger partial charge in [0.15, 0.2) is 31.2 Å². The SMILES string of the molecule is Cc1ccc(S(=O)(=O)CCC(=O)c2ccc(C(=O)O)c(F)c2C(=O)CCS(=O)(=O)c2ccc(C)cc2)cc1. The highest BCUT2D eigenvalue weighted by Crippen LogP contribution is 2.24. The number of ketones is 2. The van der Waals surface area contributed by atoms with Crippen molar-refractivity contribution >= 4 is 37.2 Å². The van der Waals surface area contributed by atoms with E-state index in [1.807, 2.05) is 0 Å². The summed E-state index contributed by atoms with van der Waals surface area (Å²) in [5, 5.41) is 9.28. The fourth-order valence-electron chi connectivity index (χ4n) is 3.69. The molecule has 0 atom stereocenters. The molecular formula is C27H25FO8S2. The third-order valence-corrected chi connectivity index (χ3v) is 9.37. The van der Waals surface area contributed by atoms with Crippen LogP contribution in [0, 0.1) is 19.7 Å². The van der Waals surface area contributed by atoms with Gasteiger partial charge in [0.2, 0.25) is 0 Å². The van der Waals surface area contributed by atoms with E-state index in [-0.39, 0.29) is 9.79 Å². The molecule has 0 saturated heterocycles. The zero-order valence-corrected chi connectivity index (χ0v) is 22.2. The molecular weight excluding hydrogens is 535 g/mol. The average molecular weight is 561 g/mol. The molecule has 0 aliphatic carbocycles. The average Bonchev–Trinajstić information content (AvgIpc) is 2.86. The fourth-order valence-corrected chi connectivity index (χ4v) is 6.17. The van der Waals surface area contributed by atoms with E-state index in [4.69, 9.17) is 0 Å². The van der Waals surface area contributed by atoms with Crippen LogP contribution in [-0.2, 0) is 19.7 Å². The Bertz CT molecular complexity index is 1610. The molecule has 0 unspecified atom stereocenters. The molecule has 3 aromatic rings. The Labute approximate surface area is 220 Å². The normalized spacial score (nSPS) is 11.8. The van der Waals surface area contributed by atoms with Crippen LogP contribution in [0.2, 0.25) is 0 Å².